The van der Waals surface area contributed by atoms with E-state index in [2.05, 4.69) is 4.98 Å². The molecule has 29 heavy (non-hydrogen) atoms. The summed E-state index contributed by atoms with van der Waals surface area (Å²) in [6.45, 7) is 0.193. The van der Waals surface area contributed by atoms with E-state index < -0.39 is 17.8 Å². The van der Waals surface area contributed by atoms with Gasteiger partial charge in [0.05, 0.1) is 13.1 Å². The number of aromatic nitrogens is 1. The number of benzene rings is 2. The molecule has 1 fully saturated rings. The van der Waals surface area contributed by atoms with Gasteiger partial charge in [-0.2, -0.15) is 0 Å². The third kappa shape index (κ3) is 3.87. The maximum Gasteiger partial charge on any atom is 0.334 e. The van der Waals surface area contributed by atoms with Gasteiger partial charge in [0, 0.05) is 11.9 Å². The molecule has 1 N–H and O–H groups in total. The molecule has 2 heterocycles. The van der Waals surface area contributed by atoms with Crippen LogP contribution in [0.2, 0.25) is 0 Å². The normalized spacial score (nSPS) is 14.5. The van der Waals surface area contributed by atoms with Crippen LogP contribution >= 0.6 is 0 Å². The van der Waals surface area contributed by atoms with E-state index in [4.69, 9.17) is 0 Å². The van der Waals surface area contributed by atoms with Gasteiger partial charge in [-0.1, -0.05) is 60.7 Å². The molecule has 0 saturated carbocycles. The van der Waals surface area contributed by atoms with Gasteiger partial charge < -0.3 is 4.98 Å². The lowest BCUT2D eigenvalue weighted by Gasteiger charge is -2.34. The number of barbiturate groups is 1. The van der Waals surface area contributed by atoms with E-state index in [1.54, 1.807) is 18.3 Å². The highest BCUT2D eigenvalue weighted by molar-refractivity contribution is 6.30. The highest BCUT2D eigenvalue weighted by Gasteiger charge is 2.41. The molecule has 0 atom stereocenters. The lowest BCUT2D eigenvalue weighted by Crippen LogP contribution is -2.55. The number of carbonyl (C=O) groups excluding carboxylic acids is 3. The third-order valence-electron chi connectivity index (χ3n) is 4.70. The highest BCUT2D eigenvalue weighted by Crippen LogP contribution is 2.23. The number of nitrogens with one attached hydrogen (secondary N) is 1. The summed E-state index contributed by atoms with van der Waals surface area (Å²) in [6, 6.07) is 21.4. The van der Waals surface area contributed by atoms with Gasteiger partial charge in [0.15, 0.2) is 0 Å². The largest absolute Gasteiger partial charge is 0.362 e. The van der Waals surface area contributed by atoms with Gasteiger partial charge in [-0.15, -0.1) is 0 Å². The lowest BCUT2D eigenvalue weighted by molar-refractivity contribution is -0.136. The summed E-state index contributed by atoms with van der Waals surface area (Å²) in [5.74, 6) is -1.19. The average molecular weight is 385 g/mol. The molecule has 1 aliphatic heterocycles. The summed E-state index contributed by atoms with van der Waals surface area (Å²) in [6.07, 6.45) is 3.20. The molecule has 0 radical (unpaired) electrons. The van der Waals surface area contributed by atoms with E-state index in [9.17, 15) is 14.4 Å². The van der Waals surface area contributed by atoms with Gasteiger partial charge in [-0.3, -0.25) is 19.4 Å². The molecule has 0 aliphatic carbocycles. The number of H-pyrrole nitrogens is 1. The Labute approximate surface area is 168 Å². The number of imide groups is 2. The number of aromatic amines is 1. The van der Waals surface area contributed by atoms with Crippen molar-refractivity contribution in [3.8, 4) is 0 Å². The average Bonchev–Trinajstić information content (AvgIpc) is 3.27. The summed E-state index contributed by atoms with van der Waals surface area (Å²) in [5.41, 5.74) is 2.19. The molecular weight excluding hydrogens is 366 g/mol. The van der Waals surface area contributed by atoms with Crippen LogP contribution in [0.1, 0.15) is 16.8 Å². The predicted octanol–water partition coefficient (Wildman–Crippen LogP) is 3.59. The van der Waals surface area contributed by atoms with Crippen molar-refractivity contribution >= 4 is 23.9 Å². The van der Waals surface area contributed by atoms with Crippen molar-refractivity contribution in [3.05, 3.63) is 101 Å². The zero-order valence-electron chi connectivity index (χ0n) is 15.6. The Bertz CT molecular complexity index is 992. The third-order valence-corrected chi connectivity index (χ3v) is 4.70. The minimum absolute atomic E-state index is 0.0427. The van der Waals surface area contributed by atoms with Crippen molar-refractivity contribution in [1.82, 2.24) is 14.8 Å². The van der Waals surface area contributed by atoms with E-state index in [0.29, 0.717) is 5.69 Å². The van der Waals surface area contributed by atoms with Crippen LogP contribution in [0.15, 0.2) is 84.6 Å². The van der Waals surface area contributed by atoms with Crippen molar-refractivity contribution in [3.63, 3.8) is 0 Å². The van der Waals surface area contributed by atoms with Crippen LogP contribution in [0, 0.1) is 0 Å². The maximum absolute atomic E-state index is 13.1. The fourth-order valence-corrected chi connectivity index (χ4v) is 3.23. The Morgan fingerprint density at radius 2 is 1.21 bits per heavy atom. The van der Waals surface area contributed by atoms with Crippen molar-refractivity contribution in [2.75, 3.05) is 0 Å². The van der Waals surface area contributed by atoms with Crippen LogP contribution in [-0.2, 0) is 22.7 Å². The van der Waals surface area contributed by atoms with Crippen molar-refractivity contribution in [2.24, 2.45) is 0 Å². The van der Waals surface area contributed by atoms with E-state index in [-0.39, 0.29) is 18.7 Å². The zero-order valence-corrected chi connectivity index (χ0v) is 15.6. The van der Waals surface area contributed by atoms with Gasteiger partial charge in [0.25, 0.3) is 11.8 Å². The van der Waals surface area contributed by atoms with Gasteiger partial charge >= 0.3 is 6.03 Å². The maximum atomic E-state index is 13.1. The molecule has 4 amide bonds. The number of nitrogens with zero attached hydrogens (tertiary/aromatic N) is 2. The summed E-state index contributed by atoms with van der Waals surface area (Å²) in [7, 11) is 0. The first-order valence-corrected chi connectivity index (χ1v) is 9.24. The van der Waals surface area contributed by atoms with Gasteiger partial charge in [0.2, 0.25) is 0 Å². The molecule has 1 aromatic heterocycles. The van der Waals surface area contributed by atoms with E-state index >= 15 is 0 Å². The van der Waals surface area contributed by atoms with Crippen LogP contribution in [0.3, 0.4) is 0 Å². The van der Waals surface area contributed by atoms with Gasteiger partial charge in [-0.05, 0) is 29.3 Å². The fourth-order valence-electron chi connectivity index (χ4n) is 3.23. The first-order chi connectivity index (χ1) is 14.1. The SMILES string of the molecule is O=C1C(=Cc2ccc[nH]2)C(=O)N(Cc2ccccc2)C(=O)N1Cc1ccccc1. The second-order valence-corrected chi connectivity index (χ2v) is 6.72. The van der Waals surface area contributed by atoms with Gasteiger partial charge in [0.1, 0.15) is 5.57 Å². The molecule has 2 aromatic carbocycles. The molecule has 6 heteroatoms. The van der Waals surface area contributed by atoms with Crippen molar-refractivity contribution in [2.45, 2.75) is 13.1 Å². The molecule has 0 spiro atoms. The summed E-state index contributed by atoms with van der Waals surface area (Å²) >= 11 is 0. The molecule has 1 aliphatic rings. The Morgan fingerprint density at radius 1 is 0.690 bits per heavy atom. The number of rotatable bonds is 5. The molecule has 3 aromatic rings. The zero-order chi connectivity index (χ0) is 20.2. The smallest absolute Gasteiger partial charge is 0.334 e. The van der Waals surface area contributed by atoms with E-state index in [1.807, 2.05) is 60.7 Å². The first kappa shape index (κ1) is 18.4. The molecule has 144 valence electrons. The second kappa shape index (κ2) is 7.98. The Kier molecular flexibility index (Phi) is 5.07. The minimum atomic E-state index is -0.614. The first-order valence-electron chi connectivity index (χ1n) is 9.24. The van der Waals surface area contributed by atoms with Gasteiger partial charge in [-0.25, -0.2) is 4.79 Å². The number of hydrogen-bond acceptors (Lipinski definition) is 3. The molecule has 0 bridgehead atoms. The number of hydrogen-bond donors (Lipinski definition) is 1. The molecule has 0 unspecified atom stereocenters. The van der Waals surface area contributed by atoms with Crippen LogP contribution < -0.4 is 0 Å². The molecule has 6 nitrogen and oxygen atoms in total. The topological polar surface area (TPSA) is 73.5 Å². The fraction of sp³-hybridized carbons (Fsp3) is 0.0870. The van der Waals surface area contributed by atoms with Crippen LogP contribution in [0.5, 0.6) is 0 Å². The Morgan fingerprint density at radius 3 is 1.66 bits per heavy atom. The monoisotopic (exact) mass is 385 g/mol. The number of carbonyl (C=O) groups is 3. The number of amides is 4. The summed E-state index contributed by atoms with van der Waals surface area (Å²) < 4.78 is 0. The van der Waals surface area contributed by atoms with Crippen LogP contribution in [0.25, 0.3) is 6.08 Å². The predicted molar refractivity (Wildman–Crippen MR) is 108 cm³/mol. The molecular formula is C23H19N3O3. The second-order valence-electron chi connectivity index (χ2n) is 6.72. The standard InChI is InChI=1S/C23H19N3O3/c27-21-20(14-19-12-7-13-24-19)22(28)26(16-18-10-5-2-6-11-18)23(29)25(21)15-17-8-3-1-4-9-17/h1-14,24H,15-16H2. The quantitative estimate of drug-likeness (QED) is 0.539. The summed E-state index contributed by atoms with van der Waals surface area (Å²) in [4.78, 5) is 44.4. The van der Waals surface area contributed by atoms with Crippen molar-refractivity contribution < 1.29 is 14.4 Å². The van der Waals surface area contributed by atoms with E-state index in [0.717, 1.165) is 20.9 Å². The molecule has 4 rings (SSSR count). The van der Waals surface area contributed by atoms with Crippen molar-refractivity contribution in [1.29, 1.82) is 0 Å². The Hall–Kier alpha value is -3.93. The van der Waals surface area contributed by atoms with E-state index in [1.165, 1.54) is 6.08 Å². The van der Waals surface area contributed by atoms with Crippen LogP contribution in [-0.4, -0.2) is 32.6 Å². The lowest BCUT2D eigenvalue weighted by atomic mass is 10.1. The van der Waals surface area contributed by atoms with Crippen LogP contribution in [0.4, 0.5) is 4.79 Å². The minimum Gasteiger partial charge on any atom is -0.362 e. The molecule has 1 saturated heterocycles. The summed E-state index contributed by atoms with van der Waals surface area (Å²) in [5, 5.41) is 0. The highest BCUT2D eigenvalue weighted by atomic mass is 16.2. The number of urea groups is 1. The Balaban J connectivity index is 1.71.